The molecule has 1 fully saturated rings. The number of hydrogen-bond acceptors (Lipinski definition) is 4. The van der Waals surface area contributed by atoms with Crippen LogP contribution in [0.1, 0.15) is 18.1 Å². The van der Waals surface area contributed by atoms with Gasteiger partial charge in [-0.3, -0.25) is 4.90 Å². The van der Waals surface area contributed by atoms with Gasteiger partial charge in [0, 0.05) is 43.4 Å². The largest absolute Gasteiger partial charge is 0.379 e. The van der Waals surface area contributed by atoms with Gasteiger partial charge in [-0.15, -0.1) is 35.7 Å². The minimum absolute atomic E-state index is 0. The van der Waals surface area contributed by atoms with Gasteiger partial charge in [-0.25, -0.2) is 4.99 Å². The Labute approximate surface area is 202 Å². The molecule has 1 saturated heterocycles. The van der Waals surface area contributed by atoms with Crippen molar-refractivity contribution >= 4 is 41.7 Å². The first-order valence-corrected chi connectivity index (χ1v) is 11.4. The summed E-state index contributed by atoms with van der Waals surface area (Å²) >= 11 is 1.85. The molecule has 2 aromatic rings. The Morgan fingerprint density at radius 1 is 1.00 bits per heavy atom. The number of rotatable bonds is 9. The SMILES string of the molecule is CCNC(=NCc1ccc(CN2CCOCC2)cc1)NCCSc1ccccc1.I. The second-order valence-electron chi connectivity index (χ2n) is 6.99. The summed E-state index contributed by atoms with van der Waals surface area (Å²) in [5.41, 5.74) is 2.58. The van der Waals surface area contributed by atoms with Gasteiger partial charge in [0.05, 0.1) is 19.8 Å². The van der Waals surface area contributed by atoms with Crippen LogP contribution in [0.3, 0.4) is 0 Å². The zero-order chi connectivity index (χ0) is 20.2. The highest BCUT2D eigenvalue weighted by atomic mass is 127. The van der Waals surface area contributed by atoms with E-state index in [2.05, 4.69) is 71.0 Å². The summed E-state index contributed by atoms with van der Waals surface area (Å²) in [7, 11) is 0. The molecular weight excluding hydrogens is 507 g/mol. The molecule has 0 aromatic heterocycles. The van der Waals surface area contributed by atoms with E-state index in [1.165, 1.54) is 16.0 Å². The summed E-state index contributed by atoms with van der Waals surface area (Å²) in [6, 6.07) is 19.3. The zero-order valence-electron chi connectivity index (χ0n) is 17.7. The quantitative estimate of drug-likeness (QED) is 0.166. The van der Waals surface area contributed by atoms with Crippen LogP contribution in [-0.2, 0) is 17.8 Å². The van der Waals surface area contributed by atoms with E-state index in [-0.39, 0.29) is 24.0 Å². The second kappa shape index (κ2) is 14.7. The van der Waals surface area contributed by atoms with E-state index in [1.807, 2.05) is 17.8 Å². The van der Waals surface area contributed by atoms with Crippen LogP contribution in [0.5, 0.6) is 0 Å². The minimum atomic E-state index is 0. The highest BCUT2D eigenvalue weighted by molar-refractivity contribution is 14.0. The van der Waals surface area contributed by atoms with E-state index in [4.69, 9.17) is 9.73 Å². The third-order valence-corrected chi connectivity index (χ3v) is 5.72. The predicted octanol–water partition coefficient (Wildman–Crippen LogP) is 3.98. The van der Waals surface area contributed by atoms with Crippen molar-refractivity contribution < 1.29 is 4.74 Å². The van der Waals surface area contributed by atoms with Crippen LogP contribution in [0, 0.1) is 0 Å². The maximum Gasteiger partial charge on any atom is 0.191 e. The molecule has 1 aliphatic rings. The zero-order valence-corrected chi connectivity index (χ0v) is 20.8. The van der Waals surface area contributed by atoms with Crippen molar-refractivity contribution in [2.24, 2.45) is 4.99 Å². The van der Waals surface area contributed by atoms with Crippen molar-refractivity contribution in [2.45, 2.75) is 24.9 Å². The first-order valence-electron chi connectivity index (χ1n) is 10.4. The number of thioether (sulfide) groups is 1. The molecule has 2 N–H and O–H groups in total. The Morgan fingerprint density at radius 2 is 1.70 bits per heavy atom. The third kappa shape index (κ3) is 9.24. The molecule has 1 aliphatic heterocycles. The fourth-order valence-electron chi connectivity index (χ4n) is 3.13. The van der Waals surface area contributed by atoms with E-state index in [1.54, 1.807) is 0 Å². The van der Waals surface area contributed by atoms with Crippen LogP contribution in [0.2, 0.25) is 0 Å². The van der Waals surface area contributed by atoms with E-state index >= 15 is 0 Å². The Hall–Kier alpha value is -1.29. The van der Waals surface area contributed by atoms with Gasteiger partial charge in [-0.05, 0) is 30.2 Å². The number of morpholine rings is 1. The lowest BCUT2D eigenvalue weighted by atomic mass is 10.1. The predicted molar refractivity (Wildman–Crippen MR) is 138 cm³/mol. The molecule has 0 aliphatic carbocycles. The minimum Gasteiger partial charge on any atom is -0.379 e. The number of nitrogens with zero attached hydrogens (tertiary/aromatic N) is 2. The standard InChI is InChI=1S/C23H32N4OS.HI/c1-2-24-23(25-12-17-29-22-6-4-3-5-7-22)26-18-20-8-10-21(11-9-20)19-27-13-15-28-16-14-27;/h3-11H,2,12-19H2,1H3,(H2,24,25,26);1H. The fourth-order valence-corrected chi connectivity index (χ4v) is 3.92. The average molecular weight is 541 g/mol. The third-order valence-electron chi connectivity index (χ3n) is 4.70. The van der Waals surface area contributed by atoms with Gasteiger partial charge < -0.3 is 15.4 Å². The number of halogens is 1. The maximum absolute atomic E-state index is 5.42. The summed E-state index contributed by atoms with van der Waals surface area (Å²) in [6.07, 6.45) is 0. The van der Waals surface area contributed by atoms with Crippen molar-refractivity contribution in [1.82, 2.24) is 15.5 Å². The summed E-state index contributed by atoms with van der Waals surface area (Å²) in [6.45, 7) is 9.23. The molecule has 7 heteroatoms. The smallest absolute Gasteiger partial charge is 0.191 e. The van der Waals surface area contributed by atoms with Gasteiger partial charge in [0.1, 0.15) is 0 Å². The number of nitrogens with one attached hydrogen (secondary N) is 2. The molecule has 0 saturated carbocycles. The highest BCUT2D eigenvalue weighted by Gasteiger charge is 2.10. The van der Waals surface area contributed by atoms with Crippen molar-refractivity contribution in [3.8, 4) is 0 Å². The van der Waals surface area contributed by atoms with Gasteiger partial charge in [0.15, 0.2) is 5.96 Å². The molecule has 3 rings (SSSR count). The first kappa shape index (κ1) is 25.0. The van der Waals surface area contributed by atoms with Gasteiger partial charge in [-0.1, -0.05) is 42.5 Å². The van der Waals surface area contributed by atoms with E-state index < -0.39 is 0 Å². The molecular formula is C23H33IN4OS. The Balaban J connectivity index is 0.00000320. The molecule has 0 bridgehead atoms. The lowest BCUT2D eigenvalue weighted by molar-refractivity contribution is 0.0342. The van der Waals surface area contributed by atoms with Gasteiger partial charge in [-0.2, -0.15) is 0 Å². The molecule has 164 valence electrons. The van der Waals surface area contributed by atoms with Crippen LogP contribution in [0.4, 0.5) is 0 Å². The molecule has 5 nitrogen and oxygen atoms in total. The molecule has 0 radical (unpaired) electrons. The van der Waals surface area contributed by atoms with Crippen molar-refractivity contribution in [2.75, 3.05) is 45.1 Å². The van der Waals surface area contributed by atoms with Crippen LogP contribution in [0.15, 0.2) is 64.5 Å². The normalized spacial score (nSPS) is 14.8. The van der Waals surface area contributed by atoms with Crippen LogP contribution in [-0.4, -0.2) is 56.0 Å². The second-order valence-corrected chi connectivity index (χ2v) is 8.16. The van der Waals surface area contributed by atoms with E-state index in [0.29, 0.717) is 6.54 Å². The molecule has 0 spiro atoms. The summed E-state index contributed by atoms with van der Waals surface area (Å²) in [4.78, 5) is 8.47. The molecule has 30 heavy (non-hydrogen) atoms. The number of benzene rings is 2. The molecule has 0 amide bonds. The molecule has 0 unspecified atom stereocenters. The van der Waals surface area contributed by atoms with Crippen LogP contribution in [0.25, 0.3) is 0 Å². The van der Waals surface area contributed by atoms with Crippen LogP contribution >= 0.6 is 35.7 Å². The van der Waals surface area contributed by atoms with E-state index in [0.717, 1.165) is 57.6 Å². The number of guanidine groups is 1. The number of aliphatic imine (C=N–C) groups is 1. The highest BCUT2D eigenvalue weighted by Crippen LogP contribution is 2.15. The van der Waals surface area contributed by atoms with Crippen molar-refractivity contribution in [3.63, 3.8) is 0 Å². The van der Waals surface area contributed by atoms with Gasteiger partial charge >= 0.3 is 0 Å². The lowest BCUT2D eigenvalue weighted by Crippen LogP contribution is -2.38. The van der Waals surface area contributed by atoms with Gasteiger partial charge in [0.25, 0.3) is 0 Å². The number of ether oxygens (including phenoxy) is 1. The Morgan fingerprint density at radius 3 is 2.40 bits per heavy atom. The van der Waals surface area contributed by atoms with Crippen LogP contribution < -0.4 is 10.6 Å². The number of hydrogen-bond donors (Lipinski definition) is 2. The Bertz CT molecular complexity index is 737. The molecule has 2 aromatic carbocycles. The lowest BCUT2D eigenvalue weighted by Gasteiger charge is -2.26. The average Bonchev–Trinajstić information content (AvgIpc) is 2.77. The maximum atomic E-state index is 5.42. The van der Waals surface area contributed by atoms with Crippen molar-refractivity contribution in [3.05, 3.63) is 65.7 Å². The summed E-state index contributed by atoms with van der Waals surface area (Å²) in [5.74, 6) is 1.88. The molecule has 1 heterocycles. The van der Waals surface area contributed by atoms with Gasteiger partial charge in [0.2, 0.25) is 0 Å². The van der Waals surface area contributed by atoms with E-state index in [9.17, 15) is 0 Å². The molecule has 0 atom stereocenters. The first-order chi connectivity index (χ1) is 14.3. The van der Waals surface area contributed by atoms with Crippen molar-refractivity contribution in [1.29, 1.82) is 0 Å². The topological polar surface area (TPSA) is 48.9 Å². The Kier molecular flexibility index (Phi) is 12.2. The monoisotopic (exact) mass is 540 g/mol. The summed E-state index contributed by atoms with van der Waals surface area (Å²) < 4.78 is 5.42. The fraction of sp³-hybridized carbons (Fsp3) is 0.435. The summed E-state index contributed by atoms with van der Waals surface area (Å²) in [5, 5.41) is 6.75.